The number of aryl methyl sites for hydroxylation is 1. The molecule has 0 unspecified atom stereocenters. The molecule has 3 aromatic rings. The Morgan fingerprint density at radius 2 is 1.88 bits per heavy atom. The number of nitrogens with one attached hydrogen (secondary N) is 1. The number of hydrogen-bond donors (Lipinski definition) is 1. The number of urea groups is 1. The third-order valence-electron chi connectivity index (χ3n) is 4.34. The summed E-state index contributed by atoms with van der Waals surface area (Å²) in [6.45, 7) is 3.40. The van der Waals surface area contributed by atoms with Gasteiger partial charge in [-0.25, -0.2) is 9.78 Å². The van der Waals surface area contributed by atoms with Gasteiger partial charge in [0.15, 0.2) is 0 Å². The van der Waals surface area contributed by atoms with Gasteiger partial charge >= 0.3 is 6.03 Å². The minimum absolute atomic E-state index is 0.0536. The predicted molar refractivity (Wildman–Crippen MR) is 102 cm³/mol. The molecule has 0 aliphatic carbocycles. The summed E-state index contributed by atoms with van der Waals surface area (Å²) in [5.41, 5.74) is 4.34. The maximum Gasteiger partial charge on any atom is 0.322 e. The van der Waals surface area contributed by atoms with Crippen molar-refractivity contribution in [2.75, 3.05) is 11.9 Å². The van der Waals surface area contributed by atoms with Gasteiger partial charge in [-0.15, -0.1) is 11.3 Å². The van der Waals surface area contributed by atoms with E-state index in [-0.39, 0.29) is 6.03 Å². The highest BCUT2D eigenvalue weighted by atomic mass is 32.1. The lowest BCUT2D eigenvalue weighted by atomic mass is 10.1. The first kappa shape index (κ1) is 15.8. The Balaban J connectivity index is 1.49. The number of thiazole rings is 1. The van der Waals surface area contributed by atoms with E-state index in [1.54, 1.807) is 11.3 Å². The highest BCUT2D eigenvalue weighted by Gasteiger charge is 2.24. The Labute approximate surface area is 151 Å². The van der Waals surface area contributed by atoms with Crippen molar-refractivity contribution in [2.24, 2.45) is 0 Å². The number of amides is 2. The van der Waals surface area contributed by atoms with Gasteiger partial charge in [-0.3, -0.25) is 0 Å². The van der Waals surface area contributed by atoms with E-state index >= 15 is 0 Å². The van der Waals surface area contributed by atoms with Crippen LogP contribution in [-0.4, -0.2) is 22.5 Å². The van der Waals surface area contributed by atoms with Gasteiger partial charge in [-0.05, 0) is 19.1 Å². The van der Waals surface area contributed by atoms with Gasteiger partial charge in [0.05, 0.1) is 12.2 Å². The van der Waals surface area contributed by atoms with Crippen molar-refractivity contribution in [1.29, 1.82) is 0 Å². The van der Waals surface area contributed by atoms with Crippen molar-refractivity contribution < 1.29 is 4.79 Å². The zero-order chi connectivity index (χ0) is 17.2. The number of para-hydroxylation sites is 1. The van der Waals surface area contributed by atoms with Crippen LogP contribution in [0.3, 0.4) is 0 Å². The molecule has 1 aliphatic heterocycles. The SMILES string of the molecule is Cc1ccc(-c2nc3c(s2)CN(C(=O)Nc2ccccc2)CC3)cc1. The van der Waals surface area contributed by atoms with E-state index in [1.807, 2.05) is 35.2 Å². The third kappa shape index (κ3) is 3.42. The lowest BCUT2D eigenvalue weighted by Crippen LogP contribution is -2.38. The molecule has 0 spiro atoms. The second-order valence-electron chi connectivity index (χ2n) is 6.22. The first-order chi connectivity index (χ1) is 12.2. The van der Waals surface area contributed by atoms with Crippen LogP contribution in [0, 0.1) is 6.92 Å². The molecule has 25 heavy (non-hydrogen) atoms. The molecule has 0 fully saturated rings. The molecule has 0 saturated heterocycles. The Bertz CT molecular complexity index is 887. The van der Waals surface area contributed by atoms with E-state index in [0.29, 0.717) is 13.1 Å². The number of benzene rings is 2. The fourth-order valence-electron chi connectivity index (χ4n) is 2.91. The number of aromatic nitrogens is 1. The molecule has 1 aromatic heterocycles. The van der Waals surface area contributed by atoms with Crippen LogP contribution < -0.4 is 5.32 Å². The van der Waals surface area contributed by atoms with Crippen LogP contribution in [0.1, 0.15) is 16.1 Å². The van der Waals surface area contributed by atoms with Gasteiger partial charge in [0.1, 0.15) is 5.01 Å². The van der Waals surface area contributed by atoms with Gasteiger partial charge in [-0.1, -0.05) is 48.0 Å². The van der Waals surface area contributed by atoms with Crippen LogP contribution in [0.15, 0.2) is 54.6 Å². The molecular weight excluding hydrogens is 330 g/mol. The van der Waals surface area contributed by atoms with Crippen molar-refractivity contribution in [3.05, 3.63) is 70.7 Å². The molecule has 2 amide bonds. The van der Waals surface area contributed by atoms with Crippen LogP contribution in [0.25, 0.3) is 10.6 Å². The number of rotatable bonds is 2. The van der Waals surface area contributed by atoms with Crippen molar-refractivity contribution in [2.45, 2.75) is 19.9 Å². The summed E-state index contributed by atoms with van der Waals surface area (Å²) in [4.78, 5) is 20.3. The number of anilines is 1. The standard InChI is InChI=1S/C20H19N3OS/c1-14-7-9-15(10-8-14)19-22-17-11-12-23(13-18(17)25-19)20(24)21-16-5-3-2-4-6-16/h2-10H,11-13H2,1H3,(H,21,24). The van der Waals surface area contributed by atoms with Gasteiger partial charge < -0.3 is 10.2 Å². The molecule has 4 rings (SSSR count). The quantitative estimate of drug-likeness (QED) is 0.728. The van der Waals surface area contributed by atoms with Crippen LogP contribution in [0.4, 0.5) is 10.5 Å². The summed E-state index contributed by atoms with van der Waals surface area (Å²) >= 11 is 1.69. The molecule has 1 aliphatic rings. The Morgan fingerprint density at radius 1 is 1.12 bits per heavy atom. The van der Waals surface area contributed by atoms with Crippen LogP contribution in [0.2, 0.25) is 0 Å². The van der Waals surface area contributed by atoms with Crippen molar-refractivity contribution in [3.63, 3.8) is 0 Å². The highest BCUT2D eigenvalue weighted by molar-refractivity contribution is 7.15. The summed E-state index contributed by atoms with van der Waals surface area (Å²) in [5, 5.41) is 4.00. The summed E-state index contributed by atoms with van der Waals surface area (Å²) in [5.74, 6) is 0. The second kappa shape index (κ2) is 6.69. The van der Waals surface area contributed by atoms with E-state index in [1.165, 1.54) is 10.4 Å². The summed E-state index contributed by atoms with van der Waals surface area (Å²) in [7, 11) is 0. The zero-order valence-corrected chi connectivity index (χ0v) is 14.8. The van der Waals surface area contributed by atoms with Gasteiger partial charge in [0.2, 0.25) is 0 Å². The number of nitrogens with zero attached hydrogens (tertiary/aromatic N) is 2. The van der Waals surface area contributed by atoms with Crippen molar-refractivity contribution in [1.82, 2.24) is 9.88 Å². The first-order valence-electron chi connectivity index (χ1n) is 8.35. The minimum atomic E-state index is -0.0536. The molecule has 1 N–H and O–H groups in total. The molecule has 5 heteroatoms. The average molecular weight is 349 g/mol. The Kier molecular flexibility index (Phi) is 4.24. The van der Waals surface area contributed by atoms with Crippen LogP contribution >= 0.6 is 11.3 Å². The van der Waals surface area contributed by atoms with Gasteiger partial charge in [-0.2, -0.15) is 0 Å². The molecule has 0 atom stereocenters. The smallest absolute Gasteiger partial charge is 0.319 e. The molecule has 0 saturated carbocycles. The molecular formula is C20H19N3OS. The number of hydrogen-bond acceptors (Lipinski definition) is 3. The topological polar surface area (TPSA) is 45.2 Å². The van der Waals surface area contributed by atoms with Crippen LogP contribution in [0.5, 0.6) is 0 Å². The van der Waals surface area contributed by atoms with Crippen LogP contribution in [-0.2, 0) is 13.0 Å². The number of carbonyl (C=O) groups is 1. The van der Waals surface area contributed by atoms with Crippen molar-refractivity contribution in [3.8, 4) is 10.6 Å². The third-order valence-corrected chi connectivity index (χ3v) is 5.47. The molecule has 2 heterocycles. The van der Waals surface area contributed by atoms with E-state index in [4.69, 9.17) is 4.98 Å². The minimum Gasteiger partial charge on any atom is -0.319 e. The molecule has 126 valence electrons. The van der Waals surface area contributed by atoms with Crippen molar-refractivity contribution >= 4 is 23.1 Å². The first-order valence-corrected chi connectivity index (χ1v) is 9.17. The summed E-state index contributed by atoms with van der Waals surface area (Å²) in [6, 6.07) is 17.9. The van der Waals surface area contributed by atoms with Gasteiger partial charge in [0.25, 0.3) is 0 Å². The van der Waals surface area contributed by atoms with E-state index in [0.717, 1.165) is 28.4 Å². The Morgan fingerprint density at radius 3 is 2.64 bits per heavy atom. The van der Waals surface area contributed by atoms with E-state index in [2.05, 4.69) is 36.5 Å². The second-order valence-corrected chi connectivity index (χ2v) is 7.31. The average Bonchev–Trinajstić information content (AvgIpc) is 3.06. The maximum absolute atomic E-state index is 12.5. The lowest BCUT2D eigenvalue weighted by Gasteiger charge is -2.26. The molecule has 0 bridgehead atoms. The number of fused-ring (bicyclic) bond motifs is 1. The predicted octanol–water partition coefficient (Wildman–Crippen LogP) is 4.71. The van der Waals surface area contributed by atoms with E-state index in [9.17, 15) is 4.79 Å². The summed E-state index contributed by atoms with van der Waals surface area (Å²) < 4.78 is 0. The Hall–Kier alpha value is -2.66. The normalized spacial score (nSPS) is 13.4. The lowest BCUT2D eigenvalue weighted by molar-refractivity contribution is 0.207. The fraction of sp³-hybridized carbons (Fsp3) is 0.200. The maximum atomic E-state index is 12.5. The highest BCUT2D eigenvalue weighted by Crippen LogP contribution is 2.32. The summed E-state index contributed by atoms with van der Waals surface area (Å²) in [6.07, 6.45) is 0.805. The zero-order valence-electron chi connectivity index (χ0n) is 14.0. The molecule has 4 nitrogen and oxygen atoms in total. The largest absolute Gasteiger partial charge is 0.322 e. The number of carbonyl (C=O) groups excluding carboxylic acids is 1. The fourth-order valence-corrected chi connectivity index (χ4v) is 4.04. The monoisotopic (exact) mass is 349 g/mol. The van der Waals surface area contributed by atoms with E-state index < -0.39 is 0 Å². The molecule has 2 aromatic carbocycles. The van der Waals surface area contributed by atoms with Gasteiger partial charge in [0, 0.05) is 29.1 Å². The molecule has 0 radical (unpaired) electrons.